The third-order valence-electron chi connectivity index (χ3n) is 6.35. The molecule has 0 aliphatic carbocycles. The fourth-order valence-electron chi connectivity index (χ4n) is 4.50. The molecular weight excluding hydrogens is 530 g/mol. The van der Waals surface area contributed by atoms with Crippen LogP contribution in [0.15, 0.2) is 60.7 Å². The lowest BCUT2D eigenvalue weighted by Crippen LogP contribution is -2.45. The molecule has 2 aliphatic rings. The molecule has 39 heavy (non-hydrogen) atoms. The molecule has 1 fully saturated rings. The summed E-state index contributed by atoms with van der Waals surface area (Å²) in [4.78, 5) is 53.5. The Morgan fingerprint density at radius 1 is 1.10 bits per heavy atom. The average molecular weight is 552 g/mol. The zero-order chi connectivity index (χ0) is 27.7. The van der Waals surface area contributed by atoms with Gasteiger partial charge in [-0.15, -0.1) is 0 Å². The number of benzene rings is 3. The summed E-state index contributed by atoms with van der Waals surface area (Å²) in [7, 11) is 0. The lowest BCUT2D eigenvalue weighted by molar-refractivity contribution is -0.384. The molecule has 3 aromatic carbocycles. The molecule has 5 rings (SSSR count). The zero-order valence-electron chi connectivity index (χ0n) is 20.7. The van der Waals surface area contributed by atoms with E-state index >= 15 is 0 Å². The van der Waals surface area contributed by atoms with Crippen LogP contribution in [0.2, 0.25) is 5.02 Å². The number of nitro benzene ring substituents is 1. The normalized spacial score (nSPS) is 15.9. The van der Waals surface area contributed by atoms with Crippen LogP contribution in [0, 0.1) is 10.1 Å². The highest BCUT2D eigenvalue weighted by Crippen LogP contribution is 2.35. The number of hydrogen-bond donors (Lipinski definition) is 0. The maximum absolute atomic E-state index is 13.8. The van der Waals surface area contributed by atoms with E-state index < -0.39 is 34.4 Å². The van der Waals surface area contributed by atoms with Crippen LogP contribution in [0.3, 0.4) is 0 Å². The minimum atomic E-state index is -1.16. The minimum absolute atomic E-state index is 0.0494. The van der Waals surface area contributed by atoms with Crippen molar-refractivity contribution in [2.24, 2.45) is 0 Å². The van der Waals surface area contributed by atoms with E-state index in [1.165, 1.54) is 17.0 Å². The van der Waals surface area contributed by atoms with Crippen molar-refractivity contribution in [3.05, 3.63) is 86.9 Å². The molecule has 2 heterocycles. The Labute approximate surface area is 227 Å². The molecule has 0 bridgehead atoms. The van der Waals surface area contributed by atoms with E-state index in [-0.39, 0.29) is 30.3 Å². The first kappa shape index (κ1) is 26.0. The number of nitrogens with zero attached hydrogens (tertiary/aromatic N) is 3. The van der Waals surface area contributed by atoms with Crippen LogP contribution >= 0.6 is 11.6 Å². The summed E-state index contributed by atoms with van der Waals surface area (Å²) in [5.74, 6) is -0.153. The van der Waals surface area contributed by atoms with E-state index in [2.05, 4.69) is 0 Å². The van der Waals surface area contributed by atoms with Gasteiger partial charge in [-0.2, -0.15) is 0 Å². The molecule has 1 unspecified atom stereocenters. The Bertz CT molecular complexity index is 1480. The number of halogens is 1. The van der Waals surface area contributed by atoms with Gasteiger partial charge in [0, 0.05) is 18.2 Å². The number of imide groups is 1. The summed E-state index contributed by atoms with van der Waals surface area (Å²) in [6.45, 7) is 2.28. The summed E-state index contributed by atoms with van der Waals surface area (Å²) in [5, 5.41) is 11.3. The van der Waals surface area contributed by atoms with Crippen LogP contribution in [0.4, 0.5) is 11.4 Å². The largest absolute Gasteiger partial charge is 0.494 e. The molecule has 2 aliphatic heterocycles. The third-order valence-corrected chi connectivity index (χ3v) is 6.67. The number of amides is 3. The zero-order valence-corrected chi connectivity index (χ0v) is 21.4. The molecular formula is C27H22ClN3O8. The third kappa shape index (κ3) is 5.08. The molecule has 0 N–H and O–H groups in total. The van der Waals surface area contributed by atoms with Crippen LogP contribution in [0.25, 0.3) is 0 Å². The van der Waals surface area contributed by atoms with Gasteiger partial charge < -0.3 is 19.1 Å². The summed E-state index contributed by atoms with van der Waals surface area (Å²) in [6.07, 6.45) is -0.266. The van der Waals surface area contributed by atoms with Crippen LogP contribution in [0.5, 0.6) is 17.2 Å². The highest BCUT2D eigenvalue weighted by Gasteiger charge is 2.45. The predicted octanol–water partition coefficient (Wildman–Crippen LogP) is 4.35. The predicted molar refractivity (Wildman–Crippen MR) is 139 cm³/mol. The fourth-order valence-corrected chi connectivity index (χ4v) is 4.69. The van der Waals surface area contributed by atoms with Crippen molar-refractivity contribution in [3.8, 4) is 17.2 Å². The summed E-state index contributed by atoms with van der Waals surface area (Å²) < 4.78 is 16.2. The van der Waals surface area contributed by atoms with Gasteiger partial charge in [0.05, 0.1) is 23.6 Å². The number of carbonyl (C=O) groups excluding carboxylic acids is 3. The van der Waals surface area contributed by atoms with Crippen molar-refractivity contribution in [2.45, 2.75) is 25.9 Å². The smallest absolute Gasteiger partial charge is 0.288 e. The maximum atomic E-state index is 13.8. The number of anilines is 1. The van der Waals surface area contributed by atoms with Crippen LogP contribution in [0.1, 0.15) is 29.3 Å². The van der Waals surface area contributed by atoms with Gasteiger partial charge in [-0.1, -0.05) is 17.7 Å². The van der Waals surface area contributed by atoms with Gasteiger partial charge in [-0.05, 0) is 61.0 Å². The van der Waals surface area contributed by atoms with Crippen molar-refractivity contribution in [3.63, 3.8) is 0 Å². The SMILES string of the molecule is CCOc1ccc(N2C(=O)CC(N(Cc3ccc4c(c3)OCO4)C(=O)c3ccc(Cl)c([N+](=O)[O-])c3)C2=O)cc1. The monoisotopic (exact) mass is 551 g/mol. The highest BCUT2D eigenvalue weighted by atomic mass is 35.5. The second kappa shape index (κ2) is 10.6. The Kier molecular flexibility index (Phi) is 7.07. The molecule has 200 valence electrons. The van der Waals surface area contributed by atoms with Gasteiger partial charge >= 0.3 is 0 Å². The molecule has 0 spiro atoms. The Hall–Kier alpha value is -4.64. The van der Waals surface area contributed by atoms with Crippen LogP contribution < -0.4 is 19.1 Å². The van der Waals surface area contributed by atoms with Gasteiger partial charge in [0.25, 0.3) is 17.5 Å². The van der Waals surface area contributed by atoms with Gasteiger partial charge in [0.15, 0.2) is 11.5 Å². The van der Waals surface area contributed by atoms with E-state index in [0.717, 1.165) is 11.0 Å². The molecule has 1 atom stereocenters. The second-order valence-corrected chi connectivity index (χ2v) is 9.17. The van der Waals surface area contributed by atoms with Crippen molar-refractivity contribution >= 4 is 40.7 Å². The number of carbonyl (C=O) groups is 3. The van der Waals surface area contributed by atoms with E-state index in [1.54, 1.807) is 42.5 Å². The lowest BCUT2D eigenvalue weighted by atomic mass is 10.1. The number of hydrogen-bond acceptors (Lipinski definition) is 8. The van der Waals surface area contributed by atoms with E-state index in [9.17, 15) is 24.5 Å². The van der Waals surface area contributed by atoms with Crippen molar-refractivity contribution < 1.29 is 33.5 Å². The van der Waals surface area contributed by atoms with Gasteiger partial charge in [0.2, 0.25) is 12.7 Å². The van der Waals surface area contributed by atoms with Crippen LogP contribution in [-0.4, -0.2) is 47.0 Å². The molecule has 0 aromatic heterocycles. The Morgan fingerprint density at radius 3 is 2.56 bits per heavy atom. The van der Waals surface area contributed by atoms with Crippen molar-refractivity contribution in [1.82, 2.24) is 4.90 Å². The summed E-state index contributed by atoms with van der Waals surface area (Å²) >= 11 is 5.94. The molecule has 3 aromatic rings. The fraction of sp³-hybridized carbons (Fsp3) is 0.222. The highest BCUT2D eigenvalue weighted by molar-refractivity contribution is 6.32. The molecule has 3 amide bonds. The number of ether oxygens (including phenoxy) is 3. The van der Waals surface area contributed by atoms with Crippen LogP contribution in [-0.2, 0) is 16.1 Å². The molecule has 0 saturated carbocycles. The molecule has 0 radical (unpaired) electrons. The van der Waals surface area contributed by atoms with Crippen molar-refractivity contribution in [2.75, 3.05) is 18.3 Å². The number of rotatable bonds is 8. The summed E-state index contributed by atoms with van der Waals surface area (Å²) in [6, 6.07) is 14.0. The lowest BCUT2D eigenvalue weighted by Gasteiger charge is -2.28. The van der Waals surface area contributed by atoms with Gasteiger partial charge in [0.1, 0.15) is 16.8 Å². The Morgan fingerprint density at radius 2 is 1.85 bits per heavy atom. The maximum Gasteiger partial charge on any atom is 0.288 e. The molecule has 12 heteroatoms. The Balaban J connectivity index is 1.49. The van der Waals surface area contributed by atoms with Gasteiger partial charge in [-0.25, -0.2) is 4.90 Å². The van der Waals surface area contributed by atoms with Crippen molar-refractivity contribution in [1.29, 1.82) is 0 Å². The quantitative estimate of drug-likeness (QED) is 0.229. The topological polar surface area (TPSA) is 129 Å². The first-order chi connectivity index (χ1) is 18.8. The van der Waals surface area contributed by atoms with E-state index in [1.807, 2.05) is 6.92 Å². The standard InChI is InChI=1S/C27H22ClN3O8/c1-2-37-19-7-5-18(6-8-19)30-25(32)13-22(27(30)34)29(14-16-3-10-23-24(11-16)39-15-38-23)26(33)17-4-9-20(28)21(12-17)31(35)36/h3-12,22H,2,13-15H2,1H3. The van der Waals surface area contributed by atoms with E-state index in [4.69, 9.17) is 25.8 Å². The first-order valence-electron chi connectivity index (χ1n) is 12.0. The second-order valence-electron chi connectivity index (χ2n) is 8.76. The average Bonchev–Trinajstić information content (AvgIpc) is 3.51. The number of nitro groups is 1. The first-order valence-corrected chi connectivity index (χ1v) is 12.4. The van der Waals surface area contributed by atoms with Gasteiger partial charge in [-0.3, -0.25) is 24.5 Å². The number of fused-ring (bicyclic) bond motifs is 1. The minimum Gasteiger partial charge on any atom is -0.494 e. The molecule has 11 nitrogen and oxygen atoms in total. The van der Waals surface area contributed by atoms with E-state index in [0.29, 0.717) is 35.1 Å². The molecule has 1 saturated heterocycles. The summed E-state index contributed by atoms with van der Waals surface area (Å²) in [5.41, 5.74) is 0.450.